The molecule has 0 aliphatic rings. The number of amides is 1. The predicted molar refractivity (Wildman–Crippen MR) is 137 cm³/mol. The van der Waals surface area contributed by atoms with Gasteiger partial charge in [0.15, 0.2) is 5.13 Å². The highest BCUT2D eigenvalue weighted by molar-refractivity contribution is 7.14. The number of methoxy groups -OCH3 is 2. The Bertz CT molecular complexity index is 1600. The monoisotopic (exact) mass is 619 g/mol. The van der Waals surface area contributed by atoms with Gasteiger partial charge in [-0.05, 0) is 24.3 Å². The molecule has 0 aliphatic carbocycles. The number of nitrogens with zero attached hydrogens (tertiary/aromatic N) is 2. The second kappa shape index (κ2) is 12.4. The van der Waals surface area contributed by atoms with Crippen molar-refractivity contribution >= 4 is 45.2 Å². The maximum absolute atomic E-state index is 13.2. The number of carboxylic acids is 2. The van der Waals surface area contributed by atoms with Crippen molar-refractivity contribution in [3.8, 4) is 22.8 Å². The lowest BCUT2D eigenvalue weighted by Gasteiger charge is -2.15. The molecule has 2 aromatic carbocycles. The molecule has 0 atom stereocenters. The fourth-order valence-electron chi connectivity index (χ4n) is 3.64. The van der Waals surface area contributed by atoms with E-state index in [9.17, 15) is 41.0 Å². The van der Waals surface area contributed by atoms with Gasteiger partial charge in [0.1, 0.15) is 23.7 Å². The third kappa shape index (κ3) is 7.28. The lowest BCUT2D eigenvalue weighted by molar-refractivity contribution is -0.192. The molecule has 42 heavy (non-hydrogen) atoms. The van der Waals surface area contributed by atoms with E-state index >= 15 is 0 Å². The van der Waals surface area contributed by atoms with Crippen molar-refractivity contribution in [2.45, 2.75) is 18.9 Å². The second-order valence-electron chi connectivity index (χ2n) is 8.12. The van der Waals surface area contributed by atoms with Crippen LogP contribution in [0, 0.1) is 0 Å². The summed E-state index contributed by atoms with van der Waals surface area (Å²) in [4.78, 5) is 37.6. The Balaban J connectivity index is 0.000000616. The Morgan fingerprint density at radius 3 is 2.05 bits per heavy atom. The van der Waals surface area contributed by atoms with E-state index in [1.807, 2.05) is 0 Å². The number of hydrogen-bond acceptors (Lipinski definition) is 7. The average molecular weight is 619 g/mol. The Kier molecular flexibility index (Phi) is 9.35. The number of halogens is 6. The van der Waals surface area contributed by atoms with Crippen LogP contribution >= 0.6 is 11.3 Å². The molecule has 0 aliphatic heterocycles. The van der Waals surface area contributed by atoms with E-state index in [-0.39, 0.29) is 33.6 Å². The summed E-state index contributed by atoms with van der Waals surface area (Å²) in [5, 5.41) is 21.4. The normalized spacial score (nSPS) is 11.4. The van der Waals surface area contributed by atoms with E-state index in [0.29, 0.717) is 10.9 Å². The highest BCUT2D eigenvalue weighted by atomic mass is 32.1. The number of aromatic nitrogens is 2. The number of carbonyl (C=O) groups excluding carboxylic acids is 1. The molecule has 224 valence electrons. The smallest absolute Gasteiger partial charge is 0.490 e. The number of carbonyl (C=O) groups is 3. The number of carboxylic acid groups (broad SMARTS) is 2. The molecule has 0 radical (unpaired) electrons. The highest BCUT2D eigenvalue weighted by Crippen LogP contribution is 2.44. The van der Waals surface area contributed by atoms with Gasteiger partial charge >= 0.3 is 24.3 Å². The number of alkyl halides is 6. The first kappa shape index (κ1) is 31.7. The fourth-order valence-corrected chi connectivity index (χ4v) is 4.34. The minimum Gasteiger partial charge on any atom is -0.496 e. The third-order valence-electron chi connectivity index (χ3n) is 5.39. The first-order valence-electron chi connectivity index (χ1n) is 11.3. The number of aliphatic carboxylic acids is 2. The Morgan fingerprint density at radius 2 is 1.55 bits per heavy atom. The standard InChI is InChI=1S/C23H18F3N3O5S.C2HF3O2/c1-33-17-8-13(23(24,25)26)9-18(34-2)20(17)14-11-35-22(27-14)28-21(32)16-7-12-5-3-4-6-15(12)29(16)10-19(30)31;3-2(4,5)1(6)7/h3-9,11H,10H2,1-2H3,(H,30,31)(H,27,28,32);(H,6,7). The number of ether oxygens (including phenoxy) is 2. The number of thiazole rings is 1. The zero-order valence-electron chi connectivity index (χ0n) is 21.3. The molecule has 10 nitrogen and oxygen atoms in total. The van der Waals surface area contributed by atoms with E-state index in [4.69, 9.17) is 19.4 Å². The van der Waals surface area contributed by atoms with Gasteiger partial charge in [-0.25, -0.2) is 9.78 Å². The number of nitrogens with one attached hydrogen (secondary N) is 1. The summed E-state index contributed by atoms with van der Waals surface area (Å²) in [6, 6.07) is 10.2. The van der Waals surface area contributed by atoms with Gasteiger partial charge < -0.3 is 24.3 Å². The molecule has 0 bridgehead atoms. The van der Waals surface area contributed by atoms with Crippen LogP contribution in [0.1, 0.15) is 16.1 Å². The number of para-hydroxylation sites is 1. The van der Waals surface area contributed by atoms with Gasteiger partial charge in [0.2, 0.25) is 0 Å². The largest absolute Gasteiger partial charge is 0.496 e. The molecular formula is C25H19F6N3O7S. The van der Waals surface area contributed by atoms with E-state index in [1.54, 1.807) is 30.3 Å². The zero-order valence-corrected chi connectivity index (χ0v) is 22.1. The van der Waals surface area contributed by atoms with Crippen molar-refractivity contribution in [2.24, 2.45) is 0 Å². The van der Waals surface area contributed by atoms with Gasteiger partial charge in [-0.1, -0.05) is 18.2 Å². The molecule has 1 amide bonds. The summed E-state index contributed by atoms with van der Waals surface area (Å²) in [5.74, 6) is -4.65. The average Bonchev–Trinajstić information content (AvgIpc) is 3.51. The van der Waals surface area contributed by atoms with Gasteiger partial charge in [-0.3, -0.25) is 14.9 Å². The number of fused-ring (bicyclic) bond motifs is 1. The summed E-state index contributed by atoms with van der Waals surface area (Å²) in [7, 11) is 2.46. The molecule has 3 N–H and O–H groups in total. The van der Waals surface area contributed by atoms with Crippen LogP contribution in [0.3, 0.4) is 0 Å². The minimum atomic E-state index is -5.08. The van der Waals surface area contributed by atoms with Crippen LogP contribution in [0.2, 0.25) is 0 Å². The van der Waals surface area contributed by atoms with Crippen LogP contribution in [-0.2, 0) is 22.3 Å². The molecule has 17 heteroatoms. The van der Waals surface area contributed by atoms with E-state index in [0.717, 1.165) is 23.5 Å². The van der Waals surface area contributed by atoms with Crippen molar-refractivity contribution in [1.29, 1.82) is 0 Å². The molecule has 0 unspecified atom stereocenters. The molecule has 4 aromatic rings. The summed E-state index contributed by atoms with van der Waals surface area (Å²) in [5.41, 5.74) is 0.192. The van der Waals surface area contributed by atoms with Gasteiger partial charge in [-0.15, -0.1) is 11.3 Å². The first-order valence-corrected chi connectivity index (χ1v) is 12.1. The van der Waals surface area contributed by atoms with Crippen LogP contribution < -0.4 is 14.8 Å². The summed E-state index contributed by atoms with van der Waals surface area (Å²) < 4.78 is 83.2. The van der Waals surface area contributed by atoms with Crippen LogP contribution in [0.4, 0.5) is 31.5 Å². The minimum absolute atomic E-state index is 0.0959. The Hall–Kier alpha value is -4.80. The third-order valence-corrected chi connectivity index (χ3v) is 6.15. The van der Waals surface area contributed by atoms with E-state index in [2.05, 4.69) is 10.3 Å². The van der Waals surface area contributed by atoms with Crippen molar-refractivity contribution in [3.05, 3.63) is 59.1 Å². The van der Waals surface area contributed by atoms with Gasteiger partial charge in [0.05, 0.1) is 31.0 Å². The molecule has 0 spiro atoms. The Morgan fingerprint density at radius 1 is 0.976 bits per heavy atom. The lowest BCUT2D eigenvalue weighted by Crippen LogP contribution is -2.21. The topological polar surface area (TPSA) is 140 Å². The lowest BCUT2D eigenvalue weighted by atomic mass is 10.1. The molecule has 0 saturated carbocycles. The van der Waals surface area contributed by atoms with Gasteiger partial charge in [-0.2, -0.15) is 26.3 Å². The molecule has 2 aromatic heterocycles. The predicted octanol–water partition coefficient (Wildman–Crippen LogP) is 5.77. The summed E-state index contributed by atoms with van der Waals surface area (Å²) >= 11 is 1.04. The summed E-state index contributed by atoms with van der Waals surface area (Å²) in [6.45, 7) is -0.417. The molecule has 0 saturated heterocycles. The molecule has 4 rings (SSSR count). The van der Waals surface area contributed by atoms with E-state index in [1.165, 1.54) is 24.2 Å². The number of hydrogen-bond donors (Lipinski definition) is 3. The quantitative estimate of drug-likeness (QED) is 0.222. The molecular weight excluding hydrogens is 600 g/mol. The number of rotatable bonds is 7. The van der Waals surface area contributed by atoms with Crippen LogP contribution in [0.15, 0.2) is 47.8 Å². The summed E-state index contributed by atoms with van der Waals surface area (Å²) in [6.07, 6.45) is -9.69. The maximum Gasteiger partial charge on any atom is 0.490 e. The molecule has 2 heterocycles. The van der Waals surface area contributed by atoms with Crippen molar-refractivity contribution < 1.29 is 60.4 Å². The van der Waals surface area contributed by atoms with Crippen molar-refractivity contribution in [1.82, 2.24) is 9.55 Å². The van der Waals surface area contributed by atoms with E-state index < -0.39 is 42.3 Å². The molecule has 0 fully saturated rings. The highest BCUT2D eigenvalue weighted by Gasteiger charge is 2.38. The van der Waals surface area contributed by atoms with Crippen LogP contribution in [-0.4, -0.2) is 58.0 Å². The zero-order chi connectivity index (χ0) is 31.4. The number of benzene rings is 2. The van der Waals surface area contributed by atoms with Gasteiger partial charge in [0.25, 0.3) is 5.91 Å². The number of anilines is 1. The van der Waals surface area contributed by atoms with Crippen LogP contribution in [0.25, 0.3) is 22.2 Å². The van der Waals surface area contributed by atoms with Crippen molar-refractivity contribution in [3.63, 3.8) is 0 Å². The maximum atomic E-state index is 13.2. The second-order valence-corrected chi connectivity index (χ2v) is 8.97. The van der Waals surface area contributed by atoms with Crippen LogP contribution in [0.5, 0.6) is 11.5 Å². The first-order chi connectivity index (χ1) is 19.6. The van der Waals surface area contributed by atoms with Crippen molar-refractivity contribution in [2.75, 3.05) is 19.5 Å². The Labute approximate surface area is 235 Å². The SMILES string of the molecule is COc1cc(C(F)(F)F)cc(OC)c1-c1csc(NC(=O)c2cc3ccccc3n2CC(=O)O)n1.O=C(O)C(F)(F)F. The van der Waals surface area contributed by atoms with Gasteiger partial charge in [0, 0.05) is 16.3 Å². The fraction of sp³-hybridized carbons (Fsp3) is 0.200.